The number of ether oxygens (including phenoxy) is 1. The average molecular weight is 332 g/mol. The number of aromatic amines is 1. The van der Waals surface area contributed by atoms with Crippen molar-refractivity contribution in [2.24, 2.45) is 0 Å². The van der Waals surface area contributed by atoms with Gasteiger partial charge in [0.25, 0.3) is 5.91 Å². The van der Waals surface area contributed by atoms with Crippen molar-refractivity contribution in [2.45, 2.75) is 12.8 Å². The monoisotopic (exact) mass is 332 g/mol. The molecule has 25 heavy (non-hydrogen) atoms. The fourth-order valence-corrected chi connectivity index (χ4v) is 3.40. The van der Waals surface area contributed by atoms with Gasteiger partial charge in [0, 0.05) is 36.8 Å². The predicted octanol–water partition coefficient (Wildman–Crippen LogP) is 2.36. The summed E-state index contributed by atoms with van der Waals surface area (Å²) in [7, 11) is 0. The lowest BCUT2D eigenvalue weighted by Crippen LogP contribution is -2.31. The highest BCUT2D eigenvalue weighted by molar-refractivity contribution is 5.97. The first-order valence-electron chi connectivity index (χ1n) is 8.37. The summed E-state index contributed by atoms with van der Waals surface area (Å²) in [5, 5.41) is 2.86. The minimum atomic E-state index is -0.0309. The molecule has 3 aromatic rings. The smallest absolute Gasteiger partial charge is 0.253 e. The van der Waals surface area contributed by atoms with Gasteiger partial charge in [-0.1, -0.05) is 0 Å². The molecule has 1 amide bonds. The van der Waals surface area contributed by atoms with Crippen LogP contribution in [-0.2, 0) is 12.8 Å². The second-order valence-corrected chi connectivity index (χ2v) is 6.27. The van der Waals surface area contributed by atoms with Crippen LogP contribution in [-0.4, -0.2) is 34.0 Å². The van der Waals surface area contributed by atoms with Gasteiger partial charge in [-0.25, -0.2) is 9.97 Å². The van der Waals surface area contributed by atoms with Crippen molar-refractivity contribution in [3.8, 4) is 28.5 Å². The van der Waals surface area contributed by atoms with E-state index in [1.807, 2.05) is 24.3 Å². The zero-order valence-electron chi connectivity index (χ0n) is 13.5. The van der Waals surface area contributed by atoms with E-state index in [-0.39, 0.29) is 5.91 Å². The highest BCUT2D eigenvalue weighted by atomic mass is 16.5. The maximum Gasteiger partial charge on any atom is 0.253 e. The molecule has 0 saturated carbocycles. The topological polar surface area (TPSA) is 79.9 Å². The summed E-state index contributed by atoms with van der Waals surface area (Å²) in [4.78, 5) is 24.4. The van der Waals surface area contributed by atoms with Crippen molar-refractivity contribution in [3.05, 3.63) is 53.3 Å². The fraction of sp³-hybridized carbons (Fsp3) is 0.211. The summed E-state index contributed by atoms with van der Waals surface area (Å²) >= 11 is 0. The van der Waals surface area contributed by atoms with Crippen molar-refractivity contribution in [2.75, 3.05) is 13.2 Å². The number of rotatable bonds is 2. The molecule has 2 aliphatic rings. The van der Waals surface area contributed by atoms with Gasteiger partial charge in [0.05, 0.1) is 23.6 Å². The minimum absolute atomic E-state index is 0.0309. The van der Waals surface area contributed by atoms with Crippen LogP contribution in [0.5, 0.6) is 5.75 Å². The summed E-state index contributed by atoms with van der Waals surface area (Å²) in [6.45, 7) is 1.40. The van der Waals surface area contributed by atoms with Crippen LogP contribution in [0.4, 0.5) is 0 Å². The molecular formula is C19H16N4O2. The summed E-state index contributed by atoms with van der Waals surface area (Å²) in [6.07, 6.45) is 3.48. The summed E-state index contributed by atoms with van der Waals surface area (Å²) < 4.78 is 5.56. The van der Waals surface area contributed by atoms with Crippen LogP contribution in [0.15, 0.2) is 36.5 Å². The number of nitrogens with one attached hydrogen (secondary N) is 2. The van der Waals surface area contributed by atoms with E-state index in [4.69, 9.17) is 9.72 Å². The van der Waals surface area contributed by atoms with Gasteiger partial charge in [0.2, 0.25) is 0 Å². The Hall–Kier alpha value is -3.15. The third-order valence-electron chi connectivity index (χ3n) is 4.68. The second kappa shape index (κ2) is 5.44. The average Bonchev–Trinajstić information content (AvgIpc) is 3.28. The molecule has 5 rings (SSSR count). The molecule has 2 N–H and O–H groups in total. The van der Waals surface area contributed by atoms with Crippen LogP contribution in [0, 0.1) is 0 Å². The Morgan fingerprint density at radius 3 is 3.00 bits per heavy atom. The molecule has 0 radical (unpaired) electrons. The number of carbonyl (C=O) groups excluding carboxylic acids is 1. The van der Waals surface area contributed by atoms with Crippen molar-refractivity contribution in [1.29, 1.82) is 0 Å². The molecule has 2 aromatic heterocycles. The number of aromatic nitrogens is 3. The molecule has 124 valence electrons. The molecule has 2 aliphatic heterocycles. The molecule has 0 atom stereocenters. The van der Waals surface area contributed by atoms with Crippen molar-refractivity contribution >= 4 is 5.91 Å². The Bertz CT molecular complexity index is 993. The third-order valence-corrected chi connectivity index (χ3v) is 4.68. The van der Waals surface area contributed by atoms with Gasteiger partial charge < -0.3 is 15.0 Å². The molecule has 0 aliphatic carbocycles. The molecule has 0 fully saturated rings. The fourth-order valence-electron chi connectivity index (χ4n) is 3.40. The first-order chi connectivity index (χ1) is 12.3. The van der Waals surface area contributed by atoms with E-state index in [1.54, 1.807) is 6.20 Å². The lowest BCUT2D eigenvalue weighted by molar-refractivity contribution is 0.0946. The summed E-state index contributed by atoms with van der Waals surface area (Å²) in [5.41, 5.74) is 5.46. The minimum Gasteiger partial charge on any atom is -0.493 e. The molecule has 0 bridgehead atoms. The van der Waals surface area contributed by atoms with E-state index in [2.05, 4.69) is 21.4 Å². The van der Waals surface area contributed by atoms with E-state index < -0.39 is 0 Å². The Kier molecular flexibility index (Phi) is 3.09. The zero-order valence-corrected chi connectivity index (χ0v) is 13.5. The number of nitrogens with zero attached hydrogens (tertiary/aromatic N) is 2. The maximum atomic E-state index is 12.0. The Balaban J connectivity index is 1.54. The Morgan fingerprint density at radius 2 is 2.08 bits per heavy atom. The van der Waals surface area contributed by atoms with E-state index in [0.29, 0.717) is 17.9 Å². The van der Waals surface area contributed by atoms with E-state index in [1.165, 1.54) is 5.56 Å². The lowest BCUT2D eigenvalue weighted by atomic mass is 10.1. The maximum absolute atomic E-state index is 12.0. The number of hydrogen-bond acceptors (Lipinski definition) is 4. The van der Waals surface area contributed by atoms with Crippen LogP contribution in [0.25, 0.3) is 22.8 Å². The van der Waals surface area contributed by atoms with Crippen LogP contribution in [0.1, 0.15) is 21.6 Å². The Labute approximate surface area is 144 Å². The van der Waals surface area contributed by atoms with E-state index in [9.17, 15) is 4.79 Å². The van der Waals surface area contributed by atoms with Crippen molar-refractivity contribution in [1.82, 2.24) is 20.3 Å². The summed E-state index contributed by atoms with van der Waals surface area (Å²) in [5.74, 6) is 1.59. The molecule has 4 heterocycles. The molecular weight excluding hydrogens is 316 g/mol. The Morgan fingerprint density at radius 1 is 1.12 bits per heavy atom. The summed E-state index contributed by atoms with van der Waals surface area (Å²) in [6, 6.07) is 9.78. The number of amides is 1. The van der Waals surface area contributed by atoms with Gasteiger partial charge in [0.1, 0.15) is 5.75 Å². The van der Waals surface area contributed by atoms with Crippen LogP contribution >= 0.6 is 0 Å². The number of H-pyrrole nitrogens is 1. The second-order valence-electron chi connectivity index (χ2n) is 6.27. The lowest BCUT2D eigenvalue weighted by Gasteiger charge is -2.10. The predicted molar refractivity (Wildman–Crippen MR) is 92.5 cm³/mol. The molecule has 6 heteroatoms. The molecule has 0 spiro atoms. The zero-order chi connectivity index (χ0) is 16.8. The van der Waals surface area contributed by atoms with Crippen LogP contribution < -0.4 is 10.1 Å². The van der Waals surface area contributed by atoms with Gasteiger partial charge in [-0.2, -0.15) is 0 Å². The van der Waals surface area contributed by atoms with Gasteiger partial charge in [-0.15, -0.1) is 0 Å². The van der Waals surface area contributed by atoms with Crippen LogP contribution in [0.3, 0.4) is 0 Å². The van der Waals surface area contributed by atoms with E-state index in [0.717, 1.165) is 47.8 Å². The first kappa shape index (κ1) is 14.2. The molecule has 0 unspecified atom stereocenters. The molecule has 0 saturated heterocycles. The first-order valence-corrected chi connectivity index (χ1v) is 8.37. The van der Waals surface area contributed by atoms with Gasteiger partial charge in [0.15, 0.2) is 5.82 Å². The largest absolute Gasteiger partial charge is 0.493 e. The number of fused-ring (bicyclic) bond motifs is 2. The normalized spacial score (nSPS) is 15.3. The van der Waals surface area contributed by atoms with Crippen molar-refractivity contribution in [3.63, 3.8) is 0 Å². The SMILES string of the molecule is O=C1NCCc2[nH]c(-c3ccnc(-c4ccc5c(c4)CCO5)n3)cc21. The number of hydrogen-bond donors (Lipinski definition) is 2. The van der Waals surface area contributed by atoms with Gasteiger partial charge in [-0.05, 0) is 35.9 Å². The van der Waals surface area contributed by atoms with Gasteiger partial charge in [-0.3, -0.25) is 4.79 Å². The molecule has 6 nitrogen and oxygen atoms in total. The van der Waals surface area contributed by atoms with Gasteiger partial charge >= 0.3 is 0 Å². The quantitative estimate of drug-likeness (QED) is 0.755. The highest BCUT2D eigenvalue weighted by Crippen LogP contribution is 2.30. The number of carbonyl (C=O) groups is 1. The third kappa shape index (κ3) is 2.38. The molecule has 1 aromatic carbocycles. The van der Waals surface area contributed by atoms with E-state index >= 15 is 0 Å². The standard InChI is InChI=1S/C19H16N4O2/c24-19-13-10-16(22-14(13)3-7-21-19)15-4-6-20-18(23-15)12-1-2-17-11(9-12)5-8-25-17/h1-2,4,6,9-10,22H,3,5,7-8H2,(H,21,24). The van der Waals surface area contributed by atoms with Crippen LogP contribution in [0.2, 0.25) is 0 Å². The van der Waals surface area contributed by atoms with Crippen molar-refractivity contribution < 1.29 is 9.53 Å². The highest BCUT2D eigenvalue weighted by Gasteiger charge is 2.20. The number of benzene rings is 1.